The predicted molar refractivity (Wildman–Crippen MR) is 114 cm³/mol. The molecule has 1 aromatic carbocycles. The van der Waals surface area contributed by atoms with Gasteiger partial charge in [-0.15, -0.1) is 0 Å². The van der Waals surface area contributed by atoms with Gasteiger partial charge in [0.1, 0.15) is 0 Å². The molecule has 152 valence electrons. The molecule has 0 unspecified atom stereocenters. The van der Waals surface area contributed by atoms with Crippen LogP contribution < -0.4 is 4.74 Å². The van der Waals surface area contributed by atoms with Gasteiger partial charge in [0, 0.05) is 11.8 Å². The van der Waals surface area contributed by atoms with Gasteiger partial charge in [-0.25, -0.2) is 4.98 Å². The van der Waals surface area contributed by atoms with E-state index < -0.39 is 5.95 Å². The van der Waals surface area contributed by atoms with Gasteiger partial charge in [0.05, 0.1) is 6.61 Å². The second-order valence-corrected chi connectivity index (χ2v) is 8.05. The molecule has 2 aromatic rings. The molecule has 1 aliphatic carbocycles. The van der Waals surface area contributed by atoms with Crippen molar-refractivity contribution in [2.24, 2.45) is 0 Å². The molecule has 0 atom stereocenters. The van der Waals surface area contributed by atoms with Crippen LogP contribution in [0.4, 0.5) is 4.39 Å². The van der Waals surface area contributed by atoms with Crippen molar-refractivity contribution >= 4 is 0 Å². The average molecular weight is 384 g/mol. The van der Waals surface area contributed by atoms with Crippen molar-refractivity contribution in [2.75, 3.05) is 6.61 Å². The first-order chi connectivity index (χ1) is 13.8. The summed E-state index contributed by atoms with van der Waals surface area (Å²) in [5.74, 6) is 0.460. The van der Waals surface area contributed by atoms with Crippen LogP contribution in [-0.2, 0) is 0 Å². The monoisotopic (exact) mass is 383 g/mol. The predicted octanol–water partition coefficient (Wildman–Crippen LogP) is 7.67. The summed E-state index contributed by atoms with van der Waals surface area (Å²) in [5, 5.41) is 0. The molecule has 0 N–H and O–H groups in total. The minimum absolute atomic E-state index is 0.293. The Morgan fingerprint density at radius 1 is 0.929 bits per heavy atom. The van der Waals surface area contributed by atoms with E-state index in [0.717, 1.165) is 24.0 Å². The maximum atomic E-state index is 14.3. The number of hydrogen-bond acceptors (Lipinski definition) is 2. The molecule has 1 fully saturated rings. The highest BCUT2D eigenvalue weighted by molar-refractivity contribution is 5.70. The van der Waals surface area contributed by atoms with Crippen molar-refractivity contribution in [3.8, 4) is 16.9 Å². The molecule has 1 saturated carbocycles. The minimum Gasteiger partial charge on any atom is -0.488 e. The number of pyridine rings is 1. The number of unbranched alkanes of at least 4 members (excludes halogenated alkanes) is 5. The third kappa shape index (κ3) is 5.80. The van der Waals surface area contributed by atoms with Crippen LogP contribution in [-0.4, -0.2) is 11.6 Å². The lowest BCUT2D eigenvalue weighted by atomic mass is 9.84. The first-order valence-electron chi connectivity index (χ1n) is 11.2. The van der Waals surface area contributed by atoms with E-state index in [-0.39, 0.29) is 0 Å². The molecule has 0 bridgehead atoms. The first kappa shape index (κ1) is 20.8. The summed E-state index contributed by atoms with van der Waals surface area (Å²) < 4.78 is 20.2. The quantitative estimate of drug-likeness (QED) is 0.310. The van der Waals surface area contributed by atoms with Crippen LogP contribution in [0.3, 0.4) is 0 Å². The second kappa shape index (κ2) is 11.2. The summed E-state index contributed by atoms with van der Waals surface area (Å²) in [4.78, 5) is 3.80. The molecule has 1 aromatic heterocycles. The van der Waals surface area contributed by atoms with Crippen LogP contribution in [0.15, 0.2) is 36.5 Å². The van der Waals surface area contributed by atoms with Gasteiger partial charge in [0.15, 0.2) is 5.75 Å². The molecular weight excluding hydrogens is 349 g/mol. The van der Waals surface area contributed by atoms with Crippen LogP contribution in [0.2, 0.25) is 0 Å². The lowest BCUT2D eigenvalue weighted by Gasteiger charge is -2.22. The summed E-state index contributed by atoms with van der Waals surface area (Å²) in [6.07, 6.45) is 15.3. The van der Waals surface area contributed by atoms with Crippen molar-refractivity contribution < 1.29 is 9.13 Å². The smallest absolute Gasteiger partial charge is 0.255 e. The SMILES string of the molecule is CCCCCCCCOc1c(-c2ccc(C3CCCCC3)cc2)ccnc1F. The van der Waals surface area contributed by atoms with E-state index in [1.54, 1.807) is 0 Å². The number of nitrogens with zero attached hydrogens (tertiary/aromatic N) is 1. The molecule has 1 aliphatic rings. The van der Waals surface area contributed by atoms with Crippen LogP contribution in [0.5, 0.6) is 5.75 Å². The average Bonchev–Trinajstić information content (AvgIpc) is 2.75. The number of halogens is 1. The van der Waals surface area contributed by atoms with Crippen LogP contribution in [0, 0.1) is 5.95 Å². The zero-order chi connectivity index (χ0) is 19.6. The summed E-state index contributed by atoms with van der Waals surface area (Å²) in [7, 11) is 0. The van der Waals surface area contributed by atoms with Gasteiger partial charge in [0.2, 0.25) is 0 Å². The number of rotatable bonds is 10. The summed E-state index contributed by atoms with van der Waals surface area (Å²) in [6, 6.07) is 10.5. The van der Waals surface area contributed by atoms with Crippen LogP contribution in [0.25, 0.3) is 11.1 Å². The minimum atomic E-state index is -0.514. The molecule has 1 heterocycles. The van der Waals surface area contributed by atoms with E-state index in [0.29, 0.717) is 18.3 Å². The Balaban J connectivity index is 1.62. The normalized spacial score (nSPS) is 14.9. The van der Waals surface area contributed by atoms with E-state index in [1.807, 2.05) is 6.07 Å². The Morgan fingerprint density at radius 2 is 1.64 bits per heavy atom. The molecule has 0 spiro atoms. The zero-order valence-electron chi connectivity index (χ0n) is 17.3. The van der Waals surface area contributed by atoms with E-state index in [9.17, 15) is 4.39 Å². The molecule has 3 rings (SSSR count). The maximum absolute atomic E-state index is 14.3. The first-order valence-corrected chi connectivity index (χ1v) is 11.2. The summed E-state index contributed by atoms with van der Waals surface area (Å²) >= 11 is 0. The fraction of sp³-hybridized carbons (Fsp3) is 0.560. The van der Waals surface area contributed by atoms with Gasteiger partial charge in [-0.1, -0.05) is 82.6 Å². The van der Waals surface area contributed by atoms with Gasteiger partial charge < -0.3 is 4.74 Å². The molecule has 0 amide bonds. The van der Waals surface area contributed by atoms with Gasteiger partial charge in [0.25, 0.3) is 5.95 Å². The standard InChI is InChI=1S/C25H34FNO/c1-2-3-4-5-6-10-19-28-24-23(17-18-27-25(24)26)22-15-13-21(14-16-22)20-11-8-7-9-12-20/h13-18,20H,2-12,19H2,1H3. The van der Waals surface area contributed by atoms with E-state index >= 15 is 0 Å². The third-order valence-corrected chi connectivity index (χ3v) is 5.90. The Morgan fingerprint density at radius 3 is 2.39 bits per heavy atom. The Labute approximate surface area is 169 Å². The van der Waals surface area contributed by atoms with E-state index in [2.05, 4.69) is 36.2 Å². The highest BCUT2D eigenvalue weighted by atomic mass is 19.1. The van der Waals surface area contributed by atoms with Crippen molar-refractivity contribution in [1.29, 1.82) is 0 Å². The largest absolute Gasteiger partial charge is 0.488 e. The highest BCUT2D eigenvalue weighted by Gasteiger charge is 2.17. The molecule has 2 nitrogen and oxygen atoms in total. The third-order valence-electron chi connectivity index (χ3n) is 5.90. The topological polar surface area (TPSA) is 22.1 Å². The molecule has 28 heavy (non-hydrogen) atoms. The second-order valence-electron chi connectivity index (χ2n) is 8.05. The number of ether oxygens (including phenoxy) is 1. The van der Waals surface area contributed by atoms with E-state index in [4.69, 9.17) is 4.74 Å². The number of aromatic nitrogens is 1. The molecule has 0 radical (unpaired) electrons. The Bertz CT molecular complexity index is 707. The maximum Gasteiger partial charge on any atom is 0.255 e. The van der Waals surface area contributed by atoms with Crippen molar-refractivity contribution in [1.82, 2.24) is 4.98 Å². The lowest BCUT2D eigenvalue weighted by molar-refractivity contribution is 0.287. The number of benzene rings is 1. The highest BCUT2D eigenvalue weighted by Crippen LogP contribution is 2.36. The molecule has 0 aliphatic heterocycles. The van der Waals surface area contributed by atoms with Crippen molar-refractivity contribution in [2.45, 2.75) is 83.5 Å². The number of hydrogen-bond donors (Lipinski definition) is 0. The van der Waals surface area contributed by atoms with Gasteiger partial charge in [-0.2, -0.15) is 4.39 Å². The Kier molecular flexibility index (Phi) is 8.32. The van der Waals surface area contributed by atoms with Crippen LogP contribution >= 0.6 is 0 Å². The summed E-state index contributed by atoms with van der Waals surface area (Å²) in [6.45, 7) is 2.76. The fourth-order valence-electron chi connectivity index (χ4n) is 4.21. The Hall–Kier alpha value is -1.90. The summed E-state index contributed by atoms with van der Waals surface area (Å²) in [5.41, 5.74) is 3.21. The molecule has 3 heteroatoms. The van der Waals surface area contributed by atoms with Crippen molar-refractivity contribution in [3.05, 3.63) is 48.0 Å². The lowest BCUT2D eigenvalue weighted by Crippen LogP contribution is -2.04. The van der Waals surface area contributed by atoms with Crippen molar-refractivity contribution in [3.63, 3.8) is 0 Å². The molecular formula is C25H34FNO. The zero-order valence-corrected chi connectivity index (χ0v) is 17.3. The molecule has 0 saturated heterocycles. The van der Waals surface area contributed by atoms with Crippen LogP contribution in [0.1, 0.15) is 89.0 Å². The van der Waals surface area contributed by atoms with Gasteiger partial charge in [-0.05, 0) is 42.4 Å². The van der Waals surface area contributed by atoms with E-state index in [1.165, 1.54) is 69.5 Å². The van der Waals surface area contributed by atoms with Gasteiger partial charge >= 0.3 is 0 Å². The van der Waals surface area contributed by atoms with Gasteiger partial charge in [-0.3, -0.25) is 0 Å². The fourth-order valence-corrected chi connectivity index (χ4v) is 4.21.